The van der Waals surface area contributed by atoms with Crippen LogP contribution in [-0.2, 0) is 15.8 Å². The first-order valence-electron chi connectivity index (χ1n) is 9.89. The smallest absolute Gasteiger partial charge is 0.362 e. The van der Waals surface area contributed by atoms with Gasteiger partial charge >= 0.3 is 6.18 Å². The molecule has 2 aliphatic rings. The van der Waals surface area contributed by atoms with E-state index in [9.17, 15) is 22.8 Å². The number of Topliss-reactive ketones (excluding diaryl/α,β-unsaturated/α-hetero) is 1. The van der Waals surface area contributed by atoms with Crippen LogP contribution in [0.2, 0.25) is 0 Å². The highest BCUT2D eigenvalue weighted by atomic mass is 19.4. The number of pyridine rings is 1. The quantitative estimate of drug-likeness (QED) is 0.745. The summed E-state index contributed by atoms with van der Waals surface area (Å²) in [5.41, 5.74) is 1.81. The molecule has 2 N–H and O–H groups in total. The van der Waals surface area contributed by atoms with E-state index in [1.165, 1.54) is 12.1 Å². The number of allylic oxidation sites excluding steroid dienone is 3. The Kier molecular flexibility index (Phi) is 5.39. The number of aromatic nitrogens is 1. The number of rotatable bonds is 3. The number of hydrogen-bond acceptors (Lipinski definition) is 4. The highest BCUT2D eigenvalue weighted by Gasteiger charge is 2.39. The number of benzene rings is 1. The molecule has 1 aliphatic carbocycles. The summed E-state index contributed by atoms with van der Waals surface area (Å²) in [7, 11) is 0. The third-order valence-corrected chi connectivity index (χ3v) is 5.45. The van der Waals surface area contributed by atoms with Crippen molar-refractivity contribution in [1.29, 1.82) is 0 Å². The zero-order valence-electron chi connectivity index (χ0n) is 16.7. The molecule has 1 aromatic carbocycles. The van der Waals surface area contributed by atoms with Gasteiger partial charge in [0.15, 0.2) is 5.78 Å². The average Bonchev–Trinajstić information content (AvgIpc) is 2.73. The van der Waals surface area contributed by atoms with E-state index in [-0.39, 0.29) is 17.0 Å². The van der Waals surface area contributed by atoms with E-state index in [1.54, 1.807) is 31.3 Å². The van der Waals surface area contributed by atoms with Crippen molar-refractivity contribution < 1.29 is 22.8 Å². The summed E-state index contributed by atoms with van der Waals surface area (Å²) < 4.78 is 39.2. The molecule has 0 unspecified atom stereocenters. The van der Waals surface area contributed by atoms with Crippen molar-refractivity contribution in [2.45, 2.75) is 38.3 Å². The Morgan fingerprint density at radius 1 is 1.16 bits per heavy atom. The van der Waals surface area contributed by atoms with Crippen LogP contribution in [0.4, 0.5) is 18.9 Å². The monoisotopic (exact) mass is 427 g/mol. The number of hydrogen-bond donors (Lipinski definition) is 2. The maximum absolute atomic E-state index is 13.3. The first kappa shape index (κ1) is 20.8. The molecule has 0 fully saturated rings. The van der Waals surface area contributed by atoms with Crippen molar-refractivity contribution in [1.82, 2.24) is 10.3 Å². The number of carbonyl (C=O) groups excluding carboxylic acids is 2. The standard InChI is InChI=1S/C23H20F3N3O2/c1-13-19(22(31)29-15-7-4-6-14(12-15)23(24,25)26)21(16-8-2-3-11-27-16)20-17(28-13)9-5-10-18(20)30/h2-4,6-8,11-12,21,28H,5,9-10H2,1H3,(H,29,31)/t21-/m1/s1. The Balaban J connectivity index is 1.74. The van der Waals surface area contributed by atoms with Crippen molar-refractivity contribution in [3.63, 3.8) is 0 Å². The van der Waals surface area contributed by atoms with Crippen molar-refractivity contribution in [2.24, 2.45) is 0 Å². The van der Waals surface area contributed by atoms with Gasteiger partial charge in [-0.1, -0.05) is 12.1 Å². The molecule has 5 nitrogen and oxygen atoms in total. The fourth-order valence-corrected chi connectivity index (χ4v) is 4.10. The highest BCUT2D eigenvalue weighted by Crippen LogP contribution is 2.41. The molecule has 2 aromatic rings. The average molecular weight is 427 g/mol. The van der Waals surface area contributed by atoms with Crippen LogP contribution in [0.15, 0.2) is 71.2 Å². The Morgan fingerprint density at radius 2 is 1.97 bits per heavy atom. The summed E-state index contributed by atoms with van der Waals surface area (Å²) in [5.74, 6) is -1.32. The first-order valence-corrected chi connectivity index (χ1v) is 9.89. The van der Waals surface area contributed by atoms with Crippen LogP contribution in [0, 0.1) is 0 Å². The molecular weight excluding hydrogens is 407 g/mol. The van der Waals surface area contributed by atoms with Gasteiger partial charge in [0.1, 0.15) is 0 Å². The molecule has 1 amide bonds. The number of amides is 1. The lowest BCUT2D eigenvalue weighted by Gasteiger charge is -2.34. The van der Waals surface area contributed by atoms with Gasteiger partial charge in [0, 0.05) is 40.8 Å². The Bertz CT molecular complexity index is 1100. The molecular formula is C23H20F3N3O2. The molecule has 31 heavy (non-hydrogen) atoms. The van der Waals surface area contributed by atoms with E-state index < -0.39 is 23.6 Å². The fourth-order valence-electron chi connectivity index (χ4n) is 4.10. The molecule has 4 rings (SSSR count). The molecule has 160 valence electrons. The summed E-state index contributed by atoms with van der Waals surface area (Å²) in [6.07, 6.45) is -1.15. The summed E-state index contributed by atoms with van der Waals surface area (Å²) >= 11 is 0. The lowest BCUT2D eigenvalue weighted by atomic mass is 9.76. The molecule has 0 radical (unpaired) electrons. The SMILES string of the molecule is CC1=C(C(=O)Nc2cccc(C(F)(F)F)c2)[C@@H](c2ccccn2)C2=C(CCCC2=O)N1. The minimum Gasteiger partial charge on any atom is -0.362 e. The van der Waals surface area contributed by atoms with E-state index in [0.29, 0.717) is 29.8 Å². The Hall–Kier alpha value is -3.42. The highest BCUT2D eigenvalue weighted by molar-refractivity contribution is 6.09. The van der Waals surface area contributed by atoms with E-state index in [1.807, 2.05) is 0 Å². The van der Waals surface area contributed by atoms with Gasteiger partial charge < -0.3 is 10.6 Å². The lowest BCUT2D eigenvalue weighted by molar-refractivity contribution is -0.137. The number of halogens is 3. The van der Waals surface area contributed by atoms with Crippen LogP contribution in [0.1, 0.15) is 43.4 Å². The van der Waals surface area contributed by atoms with E-state index in [2.05, 4.69) is 15.6 Å². The zero-order valence-corrected chi connectivity index (χ0v) is 16.7. The molecule has 1 aromatic heterocycles. The van der Waals surface area contributed by atoms with Crippen LogP contribution >= 0.6 is 0 Å². The third kappa shape index (κ3) is 4.10. The minimum atomic E-state index is -4.52. The number of carbonyl (C=O) groups is 2. The summed E-state index contributed by atoms with van der Waals surface area (Å²) in [6, 6.07) is 9.71. The van der Waals surface area contributed by atoms with Gasteiger partial charge in [-0.25, -0.2) is 0 Å². The van der Waals surface area contributed by atoms with Gasteiger partial charge in [-0.2, -0.15) is 13.2 Å². The van der Waals surface area contributed by atoms with Gasteiger partial charge in [0.25, 0.3) is 5.91 Å². The number of nitrogens with one attached hydrogen (secondary N) is 2. The van der Waals surface area contributed by atoms with Crippen LogP contribution in [0.5, 0.6) is 0 Å². The largest absolute Gasteiger partial charge is 0.416 e. The van der Waals surface area contributed by atoms with Gasteiger partial charge in [0.05, 0.1) is 17.2 Å². The van der Waals surface area contributed by atoms with Crippen LogP contribution in [-0.4, -0.2) is 16.7 Å². The fraction of sp³-hybridized carbons (Fsp3) is 0.261. The topological polar surface area (TPSA) is 71.1 Å². The number of ketones is 1. The van der Waals surface area contributed by atoms with Gasteiger partial charge in [0.2, 0.25) is 0 Å². The molecule has 1 atom stereocenters. The van der Waals surface area contributed by atoms with Gasteiger partial charge in [-0.05, 0) is 50.1 Å². The molecule has 8 heteroatoms. The van der Waals surface area contributed by atoms with Crippen molar-refractivity contribution in [3.05, 3.63) is 82.5 Å². The summed E-state index contributed by atoms with van der Waals surface area (Å²) in [5, 5.41) is 5.74. The second-order valence-corrected chi connectivity index (χ2v) is 7.55. The Morgan fingerprint density at radius 3 is 2.68 bits per heavy atom. The molecule has 2 heterocycles. The van der Waals surface area contributed by atoms with Crippen LogP contribution in [0.25, 0.3) is 0 Å². The lowest BCUT2D eigenvalue weighted by Crippen LogP contribution is -2.35. The maximum Gasteiger partial charge on any atom is 0.416 e. The predicted molar refractivity (Wildman–Crippen MR) is 109 cm³/mol. The molecule has 0 saturated carbocycles. The van der Waals surface area contributed by atoms with E-state index in [4.69, 9.17) is 0 Å². The van der Waals surface area contributed by atoms with E-state index >= 15 is 0 Å². The number of anilines is 1. The second kappa shape index (κ2) is 8.02. The van der Waals surface area contributed by atoms with Crippen molar-refractivity contribution in [2.75, 3.05) is 5.32 Å². The second-order valence-electron chi connectivity index (χ2n) is 7.55. The maximum atomic E-state index is 13.3. The Labute approximate surface area is 177 Å². The normalized spacial score (nSPS) is 19.1. The minimum absolute atomic E-state index is 0.0228. The number of nitrogens with zero attached hydrogens (tertiary/aromatic N) is 1. The van der Waals surface area contributed by atoms with Gasteiger partial charge in [-0.3, -0.25) is 14.6 Å². The summed E-state index contributed by atoms with van der Waals surface area (Å²) in [6.45, 7) is 1.72. The van der Waals surface area contributed by atoms with E-state index in [0.717, 1.165) is 24.3 Å². The predicted octanol–water partition coefficient (Wildman–Crippen LogP) is 4.71. The van der Waals surface area contributed by atoms with Crippen molar-refractivity contribution in [3.8, 4) is 0 Å². The molecule has 0 saturated heterocycles. The first-order chi connectivity index (χ1) is 14.8. The molecule has 0 bridgehead atoms. The molecule has 1 aliphatic heterocycles. The van der Waals surface area contributed by atoms with Crippen molar-refractivity contribution >= 4 is 17.4 Å². The van der Waals surface area contributed by atoms with Crippen LogP contribution < -0.4 is 10.6 Å². The zero-order chi connectivity index (χ0) is 22.2. The molecule has 0 spiro atoms. The summed E-state index contributed by atoms with van der Waals surface area (Å²) in [4.78, 5) is 30.4. The number of dihydropyridines is 1. The number of alkyl halides is 3. The van der Waals surface area contributed by atoms with Gasteiger partial charge in [-0.15, -0.1) is 0 Å². The van der Waals surface area contributed by atoms with Crippen LogP contribution in [0.3, 0.4) is 0 Å². The third-order valence-electron chi connectivity index (χ3n) is 5.45.